The lowest BCUT2D eigenvalue weighted by Gasteiger charge is -2.05. The number of aromatic nitrogens is 1. The first kappa shape index (κ1) is 9.41. The number of hydrogen-bond acceptors (Lipinski definition) is 2. The topological polar surface area (TPSA) is 33.1 Å². The molecule has 0 aliphatic rings. The molecular formula is C7H7BrINO. The summed E-state index contributed by atoms with van der Waals surface area (Å²) in [4.78, 5) is 4.07. The van der Waals surface area contributed by atoms with Crippen LogP contribution in [0.25, 0.3) is 0 Å². The fourth-order valence-electron chi connectivity index (χ4n) is 0.733. The predicted octanol–water partition coefficient (Wildman–Crippen LogP) is 2.50. The SMILES string of the molecule is C[C@@H](O)c1ncc(I)cc1Br. The second-order valence-electron chi connectivity index (χ2n) is 2.20. The first-order valence-corrected chi connectivity index (χ1v) is 4.97. The van der Waals surface area contributed by atoms with Crippen LogP contribution in [0.5, 0.6) is 0 Å². The Morgan fingerprint density at radius 2 is 2.36 bits per heavy atom. The van der Waals surface area contributed by atoms with Crippen molar-refractivity contribution < 1.29 is 5.11 Å². The van der Waals surface area contributed by atoms with Crippen molar-refractivity contribution in [3.05, 3.63) is 26.0 Å². The van der Waals surface area contributed by atoms with Gasteiger partial charge >= 0.3 is 0 Å². The number of aliphatic hydroxyl groups excluding tert-OH is 1. The van der Waals surface area contributed by atoms with Crippen LogP contribution < -0.4 is 0 Å². The number of halogens is 2. The lowest BCUT2D eigenvalue weighted by molar-refractivity contribution is 0.193. The fourth-order valence-corrected chi connectivity index (χ4v) is 2.29. The molecule has 4 heteroatoms. The first-order chi connectivity index (χ1) is 5.11. The maximum absolute atomic E-state index is 9.20. The zero-order chi connectivity index (χ0) is 8.43. The summed E-state index contributed by atoms with van der Waals surface area (Å²) in [6.07, 6.45) is 1.22. The quantitative estimate of drug-likeness (QED) is 0.804. The first-order valence-electron chi connectivity index (χ1n) is 3.10. The molecule has 0 aromatic carbocycles. The molecule has 0 saturated carbocycles. The maximum Gasteiger partial charge on any atom is 0.0943 e. The highest BCUT2D eigenvalue weighted by atomic mass is 127. The highest BCUT2D eigenvalue weighted by molar-refractivity contribution is 14.1. The van der Waals surface area contributed by atoms with Crippen LogP contribution in [0.4, 0.5) is 0 Å². The van der Waals surface area contributed by atoms with Crippen LogP contribution in [0, 0.1) is 3.57 Å². The summed E-state index contributed by atoms with van der Waals surface area (Å²) in [7, 11) is 0. The standard InChI is InChI=1S/C7H7BrINO/c1-4(11)7-6(8)2-5(9)3-10-7/h2-4,11H,1H3/t4-/m1/s1. The molecule has 0 bridgehead atoms. The van der Waals surface area contributed by atoms with Crippen LogP contribution >= 0.6 is 38.5 Å². The van der Waals surface area contributed by atoms with E-state index in [2.05, 4.69) is 43.5 Å². The fraction of sp³-hybridized carbons (Fsp3) is 0.286. The molecule has 0 aliphatic carbocycles. The largest absolute Gasteiger partial charge is 0.387 e. The van der Waals surface area contributed by atoms with Crippen LogP contribution in [-0.2, 0) is 0 Å². The molecule has 0 amide bonds. The predicted molar refractivity (Wildman–Crippen MR) is 55.3 cm³/mol. The van der Waals surface area contributed by atoms with Gasteiger partial charge in [0.05, 0.1) is 11.8 Å². The van der Waals surface area contributed by atoms with Crippen LogP contribution in [0.2, 0.25) is 0 Å². The zero-order valence-electron chi connectivity index (χ0n) is 5.88. The summed E-state index contributed by atoms with van der Waals surface area (Å²) >= 11 is 5.49. The van der Waals surface area contributed by atoms with Gasteiger partial charge in [0.2, 0.25) is 0 Å². The van der Waals surface area contributed by atoms with Crippen LogP contribution in [-0.4, -0.2) is 10.1 Å². The molecule has 0 radical (unpaired) electrons. The van der Waals surface area contributed by atoms with E-state index >= 15 is 0 Å². The molecule has 0 saturated heterocycles. The number of rotatable bonds is 1. The minimum absolute atomic E-state index is 0.513. The van der Waals surface area contributed by atoms with Gasteiger partial charge in [-0.1, -0.05) is 0 Å². The van der Waals surface area contributed by atoms with Gasteiger partial charge in [-0.15, -0.1) is 0 Å². The average Bonchev–Trinajstić information content (AvgIpc) is 1.85. The van der Waals surface area contributed by atoms with Gasteiger partial charge in [0, 0.05) is 14.2 Å². The zero-order valence-corrected chi connectivity index (χ0v) is 9.63. The second-order valence-corrected chi connectivity index (χ2v) is 4.30. The number of aliphatic hydroxyl groups is 1. The molecule has 1 heterocycles. The van der Waals surface area contributed by atoms with E-state index in [0.717, 1.165) is 8.04 Å². The van der Waals surface area contributed by atoms with Crippen LogP contribution in [0.3, 0.4) is 0 Å². The number of nitrogens with zero attached hydrogens (tertiary/aromatic N) is 1. The van der Waals surface area contributed by atoms with Gasteiger partial charge in [0.25, 0.3) is 0 Å². The van der Waals surface area contributed by atoms with Gasteiger partial charge in [-0.2, -0.15) is 0 Å². The van der Waals surface area contributed by atoms with Crippen molar-refractivity contribution in [2.24, 2.45) is 0 Å². The monoisotopic (exact) mass is 327 g/mol. The summed E-state index contributed by atoms with van der Waals surface area (Å²) in [6, 6.07) is 1.93. The van der Waals surface area contributed by atoms with E-state index in [1.165, 1.54) is 0 Å². The number of pyridine rings is 1. The van der Waals surface area contributed by atoms with Crippen molar-refractivity contribution in [1.82, 2.24) is 4.98 Å². The summed E-state index contributed by atoms with van der Waals surface area (Å²) in [5.41, 5.74) is 0.686. The molecule has 0 fully saturated rings. The van der Waals surface area contributed by atoms with E-state index in [1.54, 1.807) is 13.1 Å². The minimum atomic E-state index is -0.513. The van der Waals surface area contributed by atoms with E-state index in [1.807, 2.05) is 6.07 Å². The lowest BCUT2D eigenvalue weighted by atomic mass is 10.2. The van der Waals surface area contributed by atoms with E-state index in [0.29, 0.717) is 5.69 Å². The third-order valence-electron chi connectivity index (χ3n) is 1.23. The Hall–Kier alpha value is 0.320. The Balaban J connectivity index is 3.09. The normalized spacial score (nSPS) is 13.1. The summed E-state index contributed by atoms with van der Waals surface area (Å²) in [5.74, 6) is 0. The van der Waals surface area contributed by atoms with E-state index in [4.69, 9.17) is 0 Å². The van der Waals surface area contributed by atoms with Crippen molar-refractivity contribution in [2.75, 3.05) is 0 Å². The Morgan fingerprint density at radius 3 is 2.82 bits per heavy atom. The summed E-state index contributed by atoms with van der Waals surface area (Å²) in [5, 5.41) is 9.20. The number of hydrogen-bond donors (Lipinski definition) is 1. The Bertz CT molecular complexity index is 265. The van der Waals surface area contributed by atoms with Gasteiger partial charge in [-0.3, -0.25) is 4.98 Å². The smallest absolute Gasteiger partial charge is 0.0943 e. The molecule has 60 valence electrons. The lowest BCUT2D eigenvalue weighted by Crippen LogP contribution is -1.96. The van der Waals surface area contributed by atoms with Gasteiger partial charge in [0.1, 0.15) is 0 Å². The van der Waals surface area contributed by atoms with Crippen molar-refractivity contribution in [3.8, 4) is 0 Å². The molecule has 1 atom stereocenters. The van der Waals surface area contributed by atoms with Crippen LogP contribution in [0.1, 0.15) is 18.7 Å². The highest BCUT2D eigenvalue weighted by Crippen LogP contribution is 2.22. The van der Waals surface area contributed by atoms with E-state index in [9.17, 15) is 5.11 Å². The van der Waals surface area contributed by atoms with Gasteiger partial charge < -0.3 is 5.11 Å². The molecule has 1 aromatic rings. The third-order valence-corrected chi connectivity index (χ3v) is 2.46. The average molecular weight is 328 g/mol. The molecule has 0 spiro atoms. The molecular weight excluding hydrogens is 321 g/mol. The molecule has 0 aliphatic heterocycles. The molecule has 0 unspecified atom stereocenters. The minimum Gasteiger partial charge on any atom is -0.387 e. The highest BCUT2D eigenvalue weighted by Gasteiger charge is 2.06. The Labute approximate surface area is 87.3 Å². The second kappa shape index (κ2) is 3.82. The molecule has 11 heavy (non-hydrogen) atoms. The summed E-state index contributed by atoms with van der Waals surface area (Å²) in [6.45, 7) is 1.69. The van der Waals surface area contributed by atoms with E-state index < -0.39 is 6.10 Å². The third kappa shape index (κ3) is 2.38. The Kier molecular flexibility index (Phi) is 3.27. The van der Waals surface area contributed by atoms with Gasteiger partial charge in [0.15, 0.2) is 0 Å². The van der Waals surface area contributed by atoms with Crippen molar-refractivity contribution >= 4 is 38.5 Å². The Morgan fingerprint density at radius 1 is 1.73 bits per heavy atom. The molecule has 1 N–H and O–H groups in total. The molecule has 1 rings (SSSR count). The van der Waals surface area contributed by atoms with Crippen molar-refractivity contribution in [2.45, 2.75) is 13.0 Å². The maximum atomic E-state index is 9.20. The molecule has 2 nitrogen and oxygen atoms in total. The molecule has 1 aromatic heterocycles. The van der Waals surface area contributed by atoms with E-state index in [-0.39, 0.29) is 0 Å². The van der Waals surface area contributed by atoms with Crippen molar-refractivity contribution in [3.63, 3.8) is 0 Å². The van der Waals surface area contributed by atoms with Gasteiger partial charge in [-0.05, 0) is 51.5 Å². The van der Waals surface area contributed by atoms with Gasteiger partial charge in [-0.25, -0.2) is 0 Å². The van der Waals surface area contributed by atoms with Crippen LogP contribution in [0.15, 0.2) is 16.7 Å². The summed E-state index contributed by atoms with van der Waals surface area (Å²) < 4.78 is 1.92. The van der Waals surface area contributed by atoms with Crippen molar-refractivity contribution in [1.29, 1.82) is 0 Å².